The van der Waals surface area contributed by atoms with Gasteiger partial charge in [0.25, 0.3) is 0 Å². The molecule has 0 unspecified atom stereocenters. The summed E-state index contributed by atoms with van der Waals surface area (Å²) in [4.78, 5) is 11.8. The number of rotatable bonds is 7. The molecule has 0 bridgehead atoms. The molecule has 2 saturated carbocycles. The van der Waals surface area contributed by atoms with Crippen LogP contribution >= 0.6 is 0 Å². The molecule has 0 aliphatic heterocycles. The summed E-state index contributed by atoms with van der Waals surface area (Å²) >= 11 is 0. The van der Waals surface area contributed by atoms with Gasteiger partial charge in [-0.3, -0.25) is 4.79 Å². The summed E-state index contributed by atoms with van der Waals surface area (Å²) in [5, 5.41) is 3.07. The van der Waals surface area contributed by atoms with E-state index in [1.807, 2.05) is 0 Å². The van der Waals surface area contributed by atoms with E-state index in [9.17, 15) is 4.79 Å². The second-order valence-corrected chi connectivity index (χ2v) is 6.32. The Labute approximate surface area is 105 Å². The van der Waals surface area contributed by atoms with Gasteiger partial charge in [-0.25, -0.2) is 0 Å². The van der Waals surface area contributed by atoms with Gasteiger partial charge in [0.15, 0.2) is 0 Å². The fourth-order valence-corrected chi connectivity index (χ4v) is 2.73. The van der Waals surface area contributed by atoms with Crippen LogP contribution in [-0.4, -0.2) is 18.5 Å². The maximum absolute atomic E-state index is 11.8. The third-order valence-electron chi connectivity index (χ3n) is 4.03. The average molecular weight is 238 g/mol. The van der Waals surface area contributed by atoms with Crippen molar-refractivity contribution < 1.29 is 4.79 Å². The Morgan fingerprint density at radius 2 is 1.76 bits per heavy atom. The van der Waals surface area contributed by atoms with Gasteiger partial charge in [-0.1, -0.05) is 13.8 Å². The molecule has 2 rings (SSSR count). The molecule has 17 heavy (non-hydrogen) atoms. The summed E-state index contributed by atoms with van der Waals surface area (Å²) in [6.07, 6.45) is 6.26. The van der Waals surface area contributed by atoms with E-state index in [-0.39, 0.29) is 11.9 Å². The van der Waals surface area contributed by atoms with Gasteiger partial charge in [0.1, 0.15) is 0 Å². The number of carbonyl (C=O) groups excluding carboxylic acids is 1. The lowest BCUT2D eigenvalue weighted by Crippen LogP contribution is -2.43. The highest BCUT2D eigenvalue weighted by molar-refractivity contribution is 5.81. The van der Waals surface area contributed by atoms with Crippen molar-refractivity contribution in [1.29, 1.82) is 0 Å². The lowest BCUT2D eigenvalue weighted by molar-refractivity contribution is -0.122. The molecule has 0 aromatic heterocycles. The Morgan fingerprint density at radius 1 is 1.24 bits per heavy atom. The van der Waals surface area contributed by atoms with E-state index >= 15 is 0 Å². The van der Waals surface area contributed by atoms with Gasteiger partial charge in [0.05, 0.1) is 6.04 Å². The Bertz CT molecular complexity index is 257. The van der Waals surface area contributed by atoms with Crippen LogP contribution in [0.4, 0.5) is 0 Å². The van der Waals surface area contributed by atoms with Gasteiger partial charge in [-0.2, -0.15) is 0 Å². The van der Waals surface area contributed by atoms with Gasteiger partial charge in [0.2, 0.25) is 5.91 Å². The topological polar surface area (TPSA) is 55.1 Å². The third kappa shape index (κ3) is 3.98. The quantitative estimate of drug-likeness (QED) is 0.712. The molecule has 2 aliphatic rings. The zero-order chi connectivity index (χ0) is 12.4. The second kappa shape index (κ2) is 5.38. The SMILES string of the molecule is CC(C)C[C@H](N)C(=O)NCC(C1CC1)C1CC1. The predicted octanol–water partition coefficient (Wildman–Crippen LogP) is 1.91. The van der Waals surface area contributed by atoms with Crippen molar-refractivity contribution >= 4 is 5.91 Å². The summed E-state index contributed by atoms with van der Waals surface area (Å²) < 4.78 is 0. The first-order chi connectivity index (χ1) is 8.08. The van der Waals surface area contributed by atoms with Crippen molar-refractivity contribution in [1.82, 2.24) is 5.32 Å². The molecule has 3 heteroatoms. The molecule has 2 aliphatic carbocycles. The molecule has 2 fully saturated rings. The normalized spacial score (nSPS) is 21.9. The first-order valence-corrected chi connectivity index (χ1v) is 7.11. The lowest BCUT2D eigenvalue weighted by atomic mass is 9.97. The molecular formula is C14H26N2O. The van der Waals surface area contributed by atoms with Crippen LogP contribution in [-0.2, 0) is 4.79 Å². The Morgan fingerprint density at radius 3 is 2.18 bits per heavy atom. The van der Waals surface area contributed by atoms with Gasteiger partial charge in [-0.15, -0.1) is 0 Å². The standard InChI is InChI=1S/C14H26N2O/c1-9(2)7-13(15)14(17)16-8-12(10-3-4-10)11-5-6-11/h9-13H,3-8,15H2,1-2H3,(H,16,17)/t13-/m0/s1. The van der Waals surface area contributed by atoms with Crippen molar-refractivity contribution in [2.75, 3.05) is 6.54 Å². The highest BCUT2D eigenvalue weighted by Crippen LogP contribution is 2.48. The minimum absolute atomic E-state index is 0.0463. The van der Waals surface area contributed by atoms with E-state index in [1.165, 1.54) is 25.7 Å². The maximum Gasteiger partial charge on any atom is 0.236 e. The van der Waals surface area contributed by atoms with Crippen LogP contribution in [0.1, 0.15) is 46.0 Å². The zero-order valence-corrected chi connectivity index (χ0v) is 11.1. The van der Waals surface area contributed by atoms with Crippen molar-refractivity contribution in [3.8, 4) is 0 Å². The van der Waals surface area contributed by atoms with E-state index < -0.39 is 0 Å². The smallest absolute Gasteiger partial charge is 0.236 e. The first kappa shape index (κ1) is 12.9. The fourth-order valence-electron chi connectivity index (χ4n) is 2.73. The van der Waals surface area contributed by atoms with Crippen LogP contribution < -0.4 is 11.1 Å². The van der Waals surface area contributed by atoms with Crippen LogP contribution in [0.5, 0.6) is 0 Å². The lowest BCUT2D eigenvalue weighted by Gasteiger charge is -2.19. The first-order valence-electron chi connectivity index (χ1n) is 7.11. The number of carbonyl (C=O) groups is 1. The predicted molar refractivity (Wildman–Crippen MR) is 69.4 cm³/mol. The van der Waals surface area contributed by atoms with E-state index in [1.54, 1.807) is 0 Å². The summed E-state index contributed by atoms with van der Waals surface area (Å²) in [5.41, 5.74) is 5.88. The molecule has 0 aromatic rings. The van der Waals surface area contributed by atoms with Gasteiger partial charge >= 0.3 is 0 Å². The zero-order valence-electron chi connectivity index (χ0n) is 11.1. The number of amides is 1. The molecule has 0 spiro atoms. The maximum atomic E-state index is 11.8. The molecule has 3 N–H and O–H groups in total. The van der Waals surface area contributed by atoms with Crippen molar-refractivity contribution in [2.24, 2.45) is 29.4 Å². The number of hydrogen-bond donors (Lipinski definition) is 2. The summed E-state index contributed by atoms with van der Waals surface area (Å²) in [5.74, 6) is 3.06. The van der Waals surface area contributed by atoms with Crippen LogP contribution in [0.15, 0.2) is 0 Å². The molecule has 98 valence electrons. The molecular weight excluding hydrogens is 212 g/mol. The largest absolute Gasteiger partial charge is 0.354 e. The number of nitrogens with two attached hydrogens (primary N) is 1. The molecule has 0 heterocycles. The van der Waals surface area contributed by atoms with Crippen molar-refractivity contribution in [3.63, 3.8) is 0 Å². The summed E-state index contributed by atoms with van der Waals surface area (Å²) in [6, 6.07) is -0.325. The van der Waals surface area contributed by atoms with Crippen LogP contribution in [0.3, 0.4) is 0 Å². The molecule has 3 nitrogen and oxygen atoms in total. The summed E-state index contributed by atoms with van der Waals surface area (Å²) in [6.45, 7) is 5.06. The number of nitrogens with one attached hydrogen (secondary N) is 1. The molecule has 1 atom stereocenters. The average Bonchev–Trinajstić information content (AvgIpc) is 3.11. The van der Waals surface area contributed by atoms with Crippen molar-refractivity contribution in [2.45, 2.75) is 52.0 Å². The molecule has 0 radical (unpaired) electrons. The van der Waals surface area contributed by atoms with Crippen LogP contribution in [0.2, 0.25) is 0 Å². The van der Waals surface area contributed by atoms with E-state index in [0.717, 1.165) is 30.7 Å². The van der Waals surface area contributed by atoms with Gasteiger partial charge < -0.3 is 11.1 Å². The highest BCUT2D eigenvalue weighted by Gasteiger charge is 2.41. The van der Waals surface area contributed by atoms with E-state index in [0.29, 0.717) is 5.92 Å². The fraction of sp³-hybridized carbons (Fsp3) is 0.929. The van der Waals surface area contributed by atoms with Crippen LogP contribution in [0, 0.1) is 23.7 Å². The molecule has 1 amide bonds. The minimum atomic E-state index is -0.325. The highest BCUT2D eigenvalue weighted by atomic mass is 16.2. The van der Waals surface area contributed by atoms with Gasteiger partial charge in [0, 0.05) is 6.54 Å². The monoisotopic (exact) mass is 238 g/mol. The third-order valence-corrected chi connectivity index (χ3v) is 4.03. The Hall–Kier alpha value is -0.570. The minimum Gasteiger partial charge on any atom is -0.354 e. The summed E-state index contributed by atoms with van der Waals surface area (Å²) in [7, 11) is 0. The molecule has 0 saturated heterocycles. The Kier molecular flexibility index (Phi) is 4.08. The van der Waals surface area contributed by atoms with Crippen LogP contribution in [0.25, 0.3) is 0 Å². The Balaban J connectivity index is 1.70. The van der Waals surface area contributed by atoms with Gasteiger partial charge in [-0.05, 0) is 55.8 Å². The second-order valence-electron chi connectivity index (χ2n) is 6.32. The van der Waals surface area contributed by atoms with E-state index in [2.05, 4.69) is 19.2 Å². The van der Waals surface area contributed by atoms with E-state index in [4.69, 9.17) is 5.73 Å². The molecule has 0 aromatic carbocycles. The number of hydrogen-bond acceptors (Lipinski definition) is 2. The van der Waals surface area contributed by atoms with Crippen molar-refractivity contribution in [3.05, 3.63) is 0 Å².